The molecule has 1 heterocycles. The molecule has 6 heteroatoms. The summed E-state index contributed by atoms with van der Waals surface area (Å²) in [7, 11) is -3.83. The second-order valence-electron chi connectivity index (χ2n) is 18.5. The molecule has 1 rings (SSSR count). The molecule has 0 saturated carbocycles. The van der Waals surface area contributed by atoms with E-state index in [1.165, 1.54) is 225 Å². The van der Waals surface area contributed by atoms with Gasteiger partial charge in [0.15, 0.2) is 0 Å². The Bertz CT molecular complexity index is 644. The maximum Gasteiger partial charge on any atom is 0.266 e. The van der Waals surface area contributed by atoms with Crippen LogP contribution in [-0.4, -0.2) is 55.0 Å². The number of piperidine rings is 1. The lowest BCUT2D eigenvalue weighted by atomic mass is 9.94. The highest BCUT2D eigenvalue weighted by atomic mass is 32.2. The molecule has 1 saturated heterocycles. The van der Waals surface area contributed by atoms with E-state index < -0.39 is 10.1 Å². The van der Waals surface area contributed by atoms with Gasteiger partial charge in [-0.1, -0.05) is 322 Å². The molecule has 0 amide bonds. The highest BCUT2D eigenvalue weighted by molar-refractivity contribution is 7.85. The van der Waals surface area contributed by atoms with Crippen LogP contribution in [0.4, 0.5) is 0 Å². The van der Waals surface area contributed by atoms with Crippen LogP contribution in [0.1, 0.15) is 341 Å². The van der Waals surface area contributed by atoms with Crippen LogP contribution < -0.4 is 0 Å². The van der Waals surface area contributed by atoms with Crippen molar-refractivity contribution in [3.8, 4) is 0 Å². The minimum atomic E-state index is -3.83. The summed E-state index contributed by atoms with van der Waals surface area (Å²) in [4.78, 5) is 2.04. The highest BCUT2D eigenvalue weighted by Crippen LogP contribution is 2.19. The molecule has 1 fully saturated rings. The smallest absolute Gasteiger partial charge is 0.266 e. The summed E-state index contributed by atoms with van der Waals surface area (Å²) in [5.41, 5.74) is 0. The van der Waals surface area contributed by atoms with E-state index in [2.05, 4.69) is 96.9 Å². The molecule has 1 aliphatic heterocycles. The van der Waals surface area contributed by atoms with Crippen LogP contribution in [0.2, 0.25) is 0 Å². The first-order chi connectivity index (χ1) is 30.9. The summed E-state index contributed by atoms with van der Waals surface area (Å²) < 4.78 is 29.7. The summed E-state index contributed by atoms with van der Waals surface area (Å²) in [6.45, 7) is 33.8. The topological polar surface area (TPSA) is 77.8 Å². The molecule has 0 aliphatic carbocycles. The predicted molar refractivity (Wildman–Crippen MR) is 298 cm³/mol. The van der Waals surface area contributed by atoms with E-state index >= 15 is 0 Å². The van der Waals surface area contributed by atoms with E-state index in [0.717, 1.165) is 32.4 Å². The lowest BCUT2D eigenvalue weighted by molar-refractivity contribution is 0.164. The largest absolute Gasteiger partial charge is 0.396 e. The van der Waals surface area contributed by atoms with E-state index in [4.69, 9.17) is 9.66 Å². The summed E-state index contributed by atoms with van der Waals surface area (Å²) in [5.74, 6) is 0.384. The average Bonchev–Trinajstić information content (AvgIpc) is 3.29. The van der Waals surface area contributed by atoms with Gasteiger partial charge in [0.05, 0.1) is 5.75 Å². The second-order valence-corrected chi connectivity index (χ2v) is 20.1. The van der Waals surface area contributed by atoms with Crippen molar-refractivity contribution in [3.63, 3.8) is 0 Å². The number of likely N-dealkylation sites (tertiary alicyclic amines) is 1. The number of hydrogen-bond acceptors (Lipinski definition) is 4. The number of aliphatic hydroxyl groups excluding tert-OH is 1. The van der Waals surface area contributed by atoms with Gasteiger partial charge in [0, 0.05) is 13.2 Å². The van der Waals surface area contributed by atoms with Crippen LogP contribution >= 0.6 is 0 Å². The van der Waals surface area contributed by atoms with E-state index in [1.807, 2.05) is 4.90 Å². The molecule has 2 N–H and O–H groups in total. The van der Waals surface area contributed by atoms with E-state index in [1.54, 1.807) is 0 Å². The molecule has 5 nitrogen and oxygen atoms in total. The van der Waals surface area contributed by atoms with Crippen LogP contribution in [0.3, 0.4) is 0 Å². The Morgan fingerprint density at radius 2 is 0.547 bits per heavy atom. The fraction of sp³-hybridized carbons (Fsp3) is 1.00. The second kappa shape index (κ2) is 79.9. The van der Waals surface area contributed by atoms with Crippen molar-refractivity contribution in [2.45, 2.75) is 341 Å². The van der Waals surface area contributed by atoms with E-state index in [9.17, 15) is 8.42 Å². The van der Waals surface area contributed by atoms with E-state index in [-0.39, 0.29) is 12.4 Å². The SMILES string of the molecule is CCCCCCC.CCCCCCC.CCCCCCC.CCCCCCC.CCCCCCC.CCCCCCC.CCCCCCC.O=S(=O)(O)CCN1CCC(CCO)CC1. The predicted octanol–water partition coefficient (Wildman–Crippen LogP) is 20.8. The molecular formula is C58H131NO4S. The van der Waals surface area contributed by atoms with Crippen LogP contribution in [-0.2, 0) is 10.1 Å². The van der Waals surface area contributed by atoms with Crippen molar-refractivity contribution >= 4 is 10.1 Å². The molecule has 0 radical (unpaired) electrons. The van der Waals surface area contributed by atoms with Gasteiger partial charge in [0.25, 0.3) is 10.1 Å². The maximum absolute atomic E-state index is 10.5. The quantitative estimate of drug-likeness (QED) is 0.0506. The minimum absolute atomic E-state index is 0.183. The molecule has 0 bridgehead atoms. The Balaban J connectivity index is -0.000000119. The van der Waals surface area contributed by atoms with Gasteiger partial charge in [-0.3, -0.25) is 4.55 Å². The fourth-order valence-electron chi connectivity index (χ4n) is 6.66. The monoisotopic (exact) mass is 938 g/mol. The molecule has 398 valence electrons. The normalized spacial score (nSPS) is 12.1. The van der Waals surface area contributed by atoms with Crippen molar-refractivity contribution in [1.82, 2.24) is 4.90 Å². The number of nitrogens with zero attached hydrogens (tertiary/aromatic N) is 1. The Kier molecular flexibility index (Phi) is 97.4. The summed E-state index contributed by atoms with van der Waals surface area (Å²) in [6, 6.07) is 0. The zero-order valence-corrected chi connectivity index (χ0v) is 48.4. The van der Waals surface area contributed by atoms with Gasteiger partial charge in [0.1, 0.15) is 0 Å². The van der Waals surface area contributed by atoms with E-state index in [0.29, 0.717) is 12.5 Å². The number of aliphatic hydroxyl groups is 1. The van der Waals surface area contributed by atoms with Gasteiger partial charge < -0.3 is 10.0 Å². The van der Waals surface area contributed by atoms with Crippen LogP contribution in [0, 0.1) is 5.92 Å². The first-order valence-corrected chi connectivity index (χ1v) is 30.8. The summed E-state index contributed by atoms with van der Waals surface area (Å²) in [5, 5.41) is 8.77. The molecule has 0 aromatic heterocycles. The van der Waals surface area contributed by atoms with Gasteiger partial charge in [-0.2, -0.15) is 8.42 Å². The number of rotatable bonds is 33. The summed E-state index contributed by atoms with van der Waals surface area (Å²) >= 11 is 0. The van der Waals surface area contributed by atoms with Gasteiger partial charge in [-0.05, 0) is 38.3 Å². The van der Waals surface area contributed by atoms with Crippen molar-refractivity contribution in [1.29, 1.82) is 0 Å². The lowest BCUT2D eigenvalue weighted by Gasteiger charge is -2.31. The van der Waals surface area contributed by atoms with Gasteiger partial charge in [-0.25, -0.2) is 0 Å². The Labute approximate surface area is 410 Å². The maximum atomic E-state index is 10.5. The minimum Gasteiger partial charge on any atom is -0.396 e. The van der Waals surface area contributed by atoms with Crippen LogP contribution in [0.5, 0.6) is 0 Å². The lowest BCUT2D eigenvalue weighted by Crippen LogP contribution is -2.37. The van der Waals surface area contributed by atoms with Crippen LogP contribution in [0.25, 0.3) is 0 Å². The molecule has 1 aliphatic rings. The third kappa shape index (κ3) is 104. The Morgan fingerprint density at radius 3 is 0.688 bits per heavy atom. The highest BCUT2D eigenvalue weighted by Gasteiger charge is 2.19. The molecule has 0 unspecified atom stereocenters. The molecule has 0 spiro atoms. The van der Waals surface area contributed by atoms with Crippen molar-refractivity contribution in [2.24, 2.45) is 5.92 Å². The third-order valence-electron chi connectivity index (χ3n) is 11.4. The summed E-state index contributed by atoms with van der Waals surface area (Å²) in [6.07, 6.45) is 51.9. The molecular weight excluding hydrogens is 807 g/mol. The Morgan fingerprint density at radius 1 is 0.359 bits per heavy atom. The standard InChI is InChI=1S/C9H19NO4S.7C7H16/c11-7-3-9-1-4-10(5-2-9)6-8-15(12,13)14;7*1-3-5-7-6-4-2/h9,11H,1-8H2,(H,12,13,14);7*3-7H2,1-2H3. The van der Waals surface area contributed by atoms with Crippen molar-refractivity contribution in [3.05, 3.63) is 0 Å². The molecule has 0 aromatic rings. The number of unbranched alkanes of at least 4 members (excludes halogenated alkanes) is 28. The Hall–Kier alpha value is -0.170. The zero-order valence-electron chi connectivity index (χ0n) is 47.5. The van der Waals surface area contributed by atoms with Gasteiger partial charge in [0.2, 0.25) is 0 Å². The van der Waals surface area contributed by atoms with Crippen LogP contribution in [0.15, 0.2) is 0 Å². The van der Waals surface area contributed by atoms with Crippen molar-refractivity contribution in [2.75, 3.05) is 32.0 Å². The first kappa shape index (κ1) is 78.0. The van der Waals surface area contributed by atoms with Gasteiger partial charge >= 0.3 is 0 Å². The van der Waals surface area contributed by atoms with Crippen molar-refractivity contribution < 1.29 is 18.1 Å². The zero-order chi connectivity index (χ0) is 50.1. The first-order valence-electron chi connectivity index (χ1n) is 29.2. The fourth-order valence-corrected chi connectivity index (χ4v) is 7.15. The molecule has 0 atom stereocenters. The third-order valence-corrected chi connectivity index (χ3v) is 12.1. The number of hydrogen-bond donors (Lipinski definition) is 2. The van der Waals surface area contributed by atoms with Gasteiger partial charge in [-0.15, -0.1) is 0 Å². The molecule has 0 aromatic carbocycles. The molecule has 64 heavy (non-hydrogen) atoms. The average molecular weight is 939 g/mol.